The third-order valence-electron chi connectivity index (χ3n) is 5.18. The number of aromatic nitrogens is 1. The molecule has 0 bridgehead atoms. The topological polar surface area (TPSA) is 76.0 Å². The average Bonchev–Trinajstić information content (AvgIpc) is 3.40. The first kappa shape index (κ1) is 24.7. The van der Waals surface area contributed by atoms with Crippen molar-refractivity contribution >= 4 is 52.0 Å². The van der Waals surface area contributed by atoms with E-state index >= 15 is 0 Å². The van der Waals surface area contributed by atoms with Crippen LogP contribution in [0.2, 0.25) is 10.0 Å². The van der Waals surface area contributed by atoms with Gasteiger partial charge in [0.1, 0.15) is 27.8 Å². The average molecular weight is 523 g/mol. The van der Waals surface area contributed by atoms with E-state index < -0.39 is 5.41 Å². The molecule has 0 saturated carbocycles. The summed E-state index contributed by atoms with van der Waals surface area (Å²) < 4.78 is 7.86. The molecule has 0 aliphatic heterocycles. The number of halogens is 2. The van der Waals surface area contributed by atoms with Crippen LogP contribution in [0.3, 0.4) is 0 Å². The zero-order valence-corrected chi connectivity index (χ0v) is 21.5. The molecule has 176 valence electrons. The predicted molar refractivity (Wildman–Crippen MR) is 140 cm³/mol. The summed E-state index contributed by atoms with van der Waals surface area (Å²) in [6.07, 6.45) is 1.60. The summed E-state index contributed by atoms with van der Waals surface area (Å²) in [6.45, 7) is 5.20. The fraction of sp³-hybridized carbons (Fsp3) is 0.148. The number of benzene rings is 2. The number of rotatable bonds is 4. The van der Waals surface area contributed by atoms with Crippen LogP contribution in [0.4, 0.5) is 0 Å². The van der Waals surface area contributed by atoms with Crippen LogP contribution in [0.25, 0.3) is 28.7 Å². The summed E-state index contributed by atoms with van der Waals surface area (Å²) >= 11 is 13.4. The number of furan rings is 1. The van der Waals surface area contributed by atoms with Gasteiger partial charge in [0.2, 0.25) is 0 Å². The molecule has 0 unspecified atom stereocenters. The number of nitriles is 1. The molecule has 0 aliphatic rings. The maximum Gasteiger partial charge on any atom is 0.273 e. The number of hydrogen-bond acceptors (Lipinski definition) is 5. The summed E-state index contributed by atoms with van der Waals surface area (Å²) in [5.41, 5.74) is -0.0287. The van der Waals surface area contributed by atoms with Gasteiger partial charge in [-0.1, -0.05) is 56.1 Å². The highest BCUT2D eigenvalue weighted by Gasteiger charge is 2.27. The lowest BCUT2D eigenvalue weighted by Gasteiger charge is -2.15. The lowest BCUT2D eigenvalue weighted by atomic mass is 9.87. The SMILES string of the molecule is CC(C)(C)C(=O)/C(C#N)=c1/s/c(=C\c2ccc(-c3ccccc3Cl)o2)c(=O)n1-c1ccc(Cl)cc1. The van der Waals surface area contributed by atoms with Gasteiger partial charge in [-0.05, 0) is 48.5 Å². The Balaban J connectivity index is 1.97. The predicted octanol–water partition coefficient (Wildman–Crippen LogP) is 5.58. The number of Topliss-reactive ketones (excluding diaryl/α,β-unsaturated/α-hetero) is 1. The van der Waals surface area contributed by atoms with E-state index in [1.165, 1.54) is 4.57 Å². The van der Waals surface area contributed by atoms with E-state index in [4.69, 9.17) is 27.6 Å². The number of hydrogen-bond donors (Lipinski definition) is 0. The van der Waals surface area contributed by atoms with Gasteiger partial charge in [0.15, 0.2) is 5.78 Å². The summed E-state index contributed by atoms with van der Waals surface area (Å²) in [4.78, 5) is 26.6. The minimum absolute atomic E-state index is 0.0783. The van der Waals surface area contributed by atoms with Crippen LogP contribution in [0, 0.1) is 16.7 Å². The highest BCUT2D eigenvalue weighted by Crippen LogP contribution is 2.29. The van der Waals surface area contributed by atoms with Crippen molar-refractivity contribution in [2.75, 3.05) is 0 Å². The zero-order chi connectivity index (χ0) is 25.3. The van der Waals surface area contributed by atoms with Gasteiger partial charge in [0.25, 0.3) is 5.56 Å². The van der Waals surface area contributed by atoms with Crippen molar-refractivity contribution < 1.29 is 9.21 Å². The second kappa shape index (κ2) is 9.71. The van der Waals surface area contributed by atoms with Crippen LogP contribution in [0.1, 0.15) is 26.5 Å². The molecule has 5 nitrogen and oxygen atoms in total. The normalized spacial score (nSPS) is 13.0. The van der Waals surface area contributed by atoms with Crippen molar-refractivity contribution in [3.8, 4) is 23.1 Å². The molecule has 2 heterocycles. The van der Waals surface area contributed by atoms with Gasteiger partial charge in [-0.25, -0.2) is 0 Å². The zero-order valence-electron chi connectivity index (χ0n) is 19.1. The van der Waals surface area contributed by atoms with Crippen molar-refractivity contribution in [3.63, 3.8) is 0 Å². The van der Waals surface area contributed by atoms with E-state index in [2.05, 4.69) is 0 Å². The molecule has 35 heavy (non-hydrogen) atoms. The summed E-state index contributed by atoms with van der Waals surface area (Å²) in [5, 5.41) is 10.9. The highest BCUT2D eigenvalue weighted by molar-refractivity contribution is 7.07. The first-order chi connectivity index (χ1) is 16.6. The van der Waals surface area contributed by atoms with Gasteiger partial charge in [-0.15, -0.1) is 11.3 Å². The molecule has 0 fully saturated rings. The molecule has 8 heteroatoms. The molecule has 0 saturated heterocycles. The van der Waals surface area contributed by atoms with Crippen molar-refractivity contribution in [3.05, 3.63) is 96.0 Å². The van der Waals surface area contributed by atoms with Crippen LogP contribution in [-0.2, 0) is 4.79 Å². The summed E-state index contributed by atoms with van der Waals surface area (Å²) in [6, 6.07) is 19.5. The fourth-order valence-electron chi connectivity index (χ4n) is 3.41. The monoisotopic (exact) mass is 522 g/mol. The molecule has 0 amide bonds. The van der Waals surface area contributed by atoms with E-state index in [0.29, 0.717) is 31.8 Å². The van der Waals surface area contributed by atoms with E-state index in [1.54, 1.807) is 69.3 Å². The Bertz CT molecular complexity index is 1650. The quantitative estimate of drug-likeness (QED) is 0.350. The molecular weight excluding hydrogens is 503 g/mol. The second-order valence-electron chi connectivity index (χ2n) is 8.78. The van der Waals surface area contributed by atoms with Gasteiger partial charge in [-0.3, -0.25) is 14.2 Å². The molecular formula is C27H20Cl2N2O3S. The number of ketones is 1. The third kappa shape index (κ3) is 5.03. The summed E-state index contributed by atoms with van der Waals surface area (Å²) in [5.74, 6) is 0.645. The highest BCUT2D eigenvalue weighted by atomic mass is 35.5. The lowest BCUT2D eigenvalue weighted by Crippen LogP contribution is -2.33. The fourth-order valence-corrected chi connectivity index (χ4v) is 4.85. The minimum Gasteiger partial charge on any atom is -0.457 e. The van der Waals surface area contributed by atoms with Gasteiger partial charge < -0.3 is 4.42 Å². The van der Waals surface area contributed by atoms with Crippen LogP contribution in [-0.4, -0.2) is 10.4 Å². The van der Waals surface area contributed by atoms with Crippen LogP contribution >= 0.6 is 34.5 Å². The van der Waals surface area contributed by atoms with E-state index in [-0.39, 0.29) is 21.6 Å². The van der Waals surface area contributed by atoms with Crippen molar-refractivity contribution in [1.82, 2.24) is 4.57 Å². The molecule has 2 aromatic carbocycles. The molecule has 4 rings (SSSR count). The van der Waals surface area contributed by atoms with E-state index in [1.807, 2.05) is 24.3 Å². The van der Waals surface area contributed by atoms with E-state index in [0.717, 1.165) is 16.9 Å². The Hall–Kier alpha value is -3.37. The molecule has 0 aliphatic carbocycles. The molecule has 0 spiro atoms. The maximum absolute atomic E-state index is 13.5. The van der Waals surface area contributed by atoms with Crippen LogP contribution in [0.15, 0.2) is 69.9 Å². The standard InChI is InChI=1S/C27H20Cl2N2O3S/c1-27(2,3)24(32)20(15-30)26-31(17-10-8-16(28)9-11-17)25(33)23(35-26)14-18-12-13-22(34-18)19-6-4-5-7-21(19)29/h4-14H,1-3H3/b23-14-,26-20+. The maximum atomic E-state index is 13.5. The lowest BCUT2D eigenvalue weighted by molar-refractivity contribution is -0.120. The second-order valence-corrected chi connectivity index (χ2v) is 10.7. The number of carbonyl (C=O) groups excluding carboxylic acids is 1. The smallest absolute Gasteiger partial charge is 0.273 e. The first-order valence-electron chi connectivity index (χ1n) is 10.6. The van der Waals surface area contributed by atoms with Gasteiger partial charge in [0, 0.05) is 22.1 Å². The molecule has 4 aromatic rings. The van der Waals surface area contributed by atoms with Gasteiger partial charge >= 0.3 is 0 Å². The Morgan fingerprint density at radius 2 is 1.74 bits per heavy atom. The Morgan fingerprint density at radius 3 is 2.37 bits per heavy atom. The van der Waals surface area contributed by atoms with Gasteiger partial charge in [0.05, 0.1) is 15.2 Å². The Kier molecular flexibility index (Phi) is 6.86. The Morgan fingerprint density at radius 1 is 1.06 bits per heavy atom. The molecule has 0 atom stereocenters. The van der Waals surface area contributed by atoms with E-state index in [9.17, 15) is 14.9 Å². The van der Waals surface area contributed by atoms with Crippen LogP contribution < -0.4 is 14.8 Å². The largest absolute Gasteiger partial charge is 0.457 e. The first-order valence-corrected chi connectivity index (χ1v) is 12.2. The van der Waals surface area contributed by atoms with Crippen molar-refractivity contribution in [2.45, 2.75) is 20.8 Å². The minimum atomic E-state index is -0.801. The third-order valence-corrected chi connectivity index (χ3v) is 6.86. The molecule has 2 aromatic heterocycles. The summed E-state index contributed by atoms with van der Waals surface area (Å²) in [7, 11) is 0. The van der Waals surface area contributed by atoms with Crippen molar-refractivity contribution in [2.24, 2.45) is 5.41 Å². The van der Waals surface area contributed by atoms with Crippen molar-refractivity contribution in [1.29, 1.82) is 5.26 Å². The number of carbonyl (C=O) groups is 1. The molecule has 0 radical (unpaired) electrons. The number of thiazole rings is 1. The Labute approximate surface area is 215 Å². The van der Waals surface area contributed by atoms with Gasteiger partial charge in [-0.2, -0.15) is 5.26 Å². The number of nitrogens with zero attached hydrogens (tertiary/aromatic N) is 2. The molecule has 0 N–H and O–H groups in total. The van der Waals surface area contributed by atoms with Crippen LogP contribution in [0.5, 0.6) is 0 Å².